The molecule has 1 saturated heterocycles. The van der Waals surface area contributed by atoms with Gasteiger partial charge in [-0.2, -0.15) is 0 Å². The predicted molar refractivity (Wildman–Crippen MR) is 98.3 cm³/mol. The summed E-state index contributed by atoms with van der Waals surface area (Å²) in [5, 5.41) is 0. The number of carbonyl (C=O) groups excluding carboxylic acids is 2. The number of carbonyl (C=O) groups is 2. The van der Waals surface area contributed by atoms with Crippen LogP contribution in [-0.2, 0) is 19.6 Å². The first-order valence-corrected chi connectivity index (χ1v) is 10.6. The van der Waals surface area contributed by atoms with Crippen LogP contribution in [0.25, 0.3) is 0 Å². The van der Waals surface area contributed by atoms with Crippen molar-refractivity contribution in [3.8, 4) is 0 Å². The van der Waals surface area contributed by atoms with E-state index < -0.39 is 39.7 Å². The number of nitrogens with zero attached hydrogens (tertiary/aromatic N) is 3. The highest BCUT2D eigenvalue weighted by Gasteiger charge is 2.34. The van der Waals surface area contributed by atoms with E-state index in [9.17, 15) is 26.8 Å². The lowest BCUT2D eigenvalue weighted by atomic mass is 10.2. The van der Waals surface area contributed by atoms with Crippen LogP contribution >= 0.6 is 0 Å². The molecule has 8 nitrogen and oxygen atoms in total. The third-order valence-electron chi connectivity index (χ3n) is 4.34. The quantitative estimate of drug-likeness (QED) is 0.721. The zero-order valence-corrected chi connectivity index (χ0v) is 16.7. The number of rotatable bonds is 5. The lowest BCUT2D eigenvalue weighted by Crippen LogP contribution is -2.56. The molecule has 0 N–H and O–H groups in total. The van der Waals surface area contributed by atoms with E-state index in [0.29, 0.717) is 0 Å². The van der Waals surface area contributed by atoms with Crippen LogP contribution in [0.1, 0.15) is 13.8 Å². The van der Waals surface area contributed by atoms with Gasteiger partial charge >= 0.3 is 6.09 Å². The van der Waals surface area contributed by atoms with E-state index in [1.54, 1.807) is 6.92 Å². The standard InChI is InChI=1S/C17H23F2N3O5S/c1-4-27-17(24)21-9-7-20(8-10-21)16(23)12(2)22(28(3,25)26)13-5-6-14(18)15(19)11-13/h5-6,11-12H,4,7-10H2,1-3H3/t12-/m0/s1. The van der Waals surface area contributed by atoms with Gasteiger partial charge in [-0.3, -0.25) is 9.10 Å². The molecule has 1 fully saturated rings. The molecule has 0 aliphatic carbocycles. The lowest BCUT2D eigenvalue weighted by Gasteiger charge is -2.37. The summed E-state index contributed by atoms with van der Waals surface area (Å²) in [7, 11) is -3.95. The van der Waals surface area contributed by atoms with E-state index in [1.807, 2.05) is 0 Å². The molecule has 1 aromatic rings. The molecule has 0 bridgehead atoms. The summed E-state index contributed by atoms with van der Waals surface area (Å²) in [5.41, 5.74) is -0.146. The minimum Gasteiger partial charge on any atom is -0.450 e. The second-order valence-electron chi connectivity index (χ2n) is 6.34. The molecule has 156 valence electrons. The average Bonchev–Trinajstić information content (AvgIpc) is 2.63. The second kappa shape index (κ2) is 8.72. The van der Waals surface area contributed by atoms with Crippen LogP contribution in [0.3, 0.4) is 0 Å². The van der Waals surface area contributed by atoms with Gasteiger partial charge in [-0.25, -0.2) is 22.0 Å². The van der Waals surface area contributed by atoms with Crippen LogP contribution in [0.15, 0.2) is 18.2 Å². The first-order valence-electron chi connectivity index (χ1n) is 8.71. The summed E-state index contributed by atoms with van der Waals surface area (Å²) < 4.78 is 56.9. The maximum absolute atomic E-state index is 13.6. The molecule has 1 aliphatic heterocycles. The van der Waals surface area contributed by atoms with Crippen molar-refractivity contribution >= 4 is 27.7 Å². The van der Waals surface area contributed by atoms with Crippen LogP contribution in [0.2, 0.25) is 0 Å². The van der Waals surface area contributed by atoms with Gasteiger partial charge < -0.3 is 14.5 Å². The Morgan fingerprint density at radius 1 is 1.14 bits per heavy atom. The molecule has 1 heterocycles. The van der Waals surface area contributed by atoms with E-state index in [1.165, 1.54) is 16.7 Å². The molecule has 0 unspecified atom stereocenters. The maximum atomic E-state index is 13.6. The number of anilines is 1. The van der Waals surface area contributed by atoms with E-state index in [0.717, 1.165) is 28.8 Å². The largest absolute Gasteiger partial charge is 0.450 e. The molecule has 2 amide bonds. The van der Waals surface area contributed by atoms with Gasteiger partial charge in [0.15, 0.2) is 11.6 Å². The van der Waals surface area contributed by atoms with Gasteiger partial charge in [-0.15, -0.1) is 0 Å². The zero-order chi connectivity index (χ0) is 21.1. The zero-order valence-electron chi connectivity index (χ0n) is 15.9. The number of amides is 2. The van der Waals surface area contributed by atoms with Crippen molar-refractivity contribution in [2.75, 3.05) is 43.3 Å². The fourth-order valence-corrected chi connectivity index (χ4v) is 4.17. The van der Waals surface area contributed by atoms with Gasteiger partial charge in [-0.1, -0.05) is 0 Å². The average molecular weight is 419 g/mol. The Morgan fingerprint density at radius 2 is 1.71 bits per heavy atom. The van der Waals surface area contributed by atoms with Crippen LogP contribution in [0.5, 0.6) is 0 Å². The summed E-state index contributed by atoms with van der Waals surface area (Å²) in [4.78, 5) is 27.5. The van der Waals surface area contributed by atoms with Crippen molar-refractivity contribution in [2.24, 2.45) is 0 Å². The molecule has 1 aromatic carbocycles. The molecule has 28 heavy (non-hydrogen) atoms. The van der Waals surface area contributed by atoms with Gasteiger partial charge in [0, 0.05) is 32.2 Å². The summed E-state index contributed by atoms with van der Waals surface area (Å²) >= 11 is 0. The number of piperazine rings is 1. The molecule has 11 heteroatoms. The van der Waals surface area contributed by atoms with Gasteiger partial charge in [0.05, 0.1) is 18.6 Å². The molecule has 0 spiro atoms. The molecule has 1 atom stereocenters. The summed E-state index contributed by atoms with van der Waals surface area (Å²) in [6, 6.07) is 1.47. The number of benzene rings is 1. The number of hydrogen-bond acceptors (Lipinski definition) is 5. The number of hydrogen-bond donors (Lipinski definition) is 0. The van der Waals surface area contributed by atoms with Gasteiger partial charge in [0.2, 0.25) is 15.9 Å². The fourth-order valence-electron chi connectivity index (χ4n) is 3.01. The monoisotopic (exact) mass is 419 g/mol. The summed E-state index contributed by atoms with van der Waals surface area (Å²) in [5.74, 6) is -2.83. The number of ether oxygens (including phenoxy) is 1. The highest BCUT2D eigenvalue weighted by Crippen LogP contribution is 2.24. The Labute approximate surface area is 162 Å². The Morgan fingerprint density at radius 3 is 2.21 bits per heavy atom. The smallest absolute Gasteiger partial charge is 0.409 e. The first-order chi connectivity index (χ1) is 13.1. The van der Waals surface area contributed by atoms with E-state index in [4.69, 9.17) is 4.74 Å². The number of sulfonamides is 1. The Hall–Kier alpha value is -2.43. The minimum atomic E-state index is -3.95. The van der Waals surface area contributed by atoms with E-state index >= 15 is 0 Å². The van der Waals surface area contributed by atoms with Gasteiger partial charge in [-0.05, 0) is 26.0 Å². The van der Waals surface area contributed by atoms with Gasteiger partial charge in [0.25, 0.3) is 0 Å². The second-order valence-corrected chi connectivity index (χ2v) is 8.20. The van der Waals surface area contributed by atoms with Crippen molar-refractivity contribution in [1.29, 1.82) is 0 Å². The fraction of sp³-hybridized carbons (Fsp3) is 0.529. The topological polar surface area (TPSA) is 87.2 Å². The van der Waals surface area contributed by atoms with E-state index in [2.05, 4.69) is 0 Å². The molecular weight excluding hydrogens is 396 g/mol. The minimum absolute atomic E-state index is 0.146. The highest BCUT2D eigenvalue weighted by atomic mass is 32.2. The molecule has 0 saturated carbocycles. The normalized spacial score (nSPS) is 15.9. The third kappa shape index (κ3) is 4.89. The van der Waals surface area contributed by atoms with Crippen molar-refractivity contribution in [1.82, 2.24) is 9.80 Å². The van der Waals surface area contributed by atoms with E-state index in [-0.39, 0.29) is 38.5 Å². The lowest BCUT2D eigenvalue weighted by molar-refractivity contribution is -0.133. The Kier molecular flexibility index (Phi) is 6.81. The van der Waals surface area contributed by atoms with Crippen molar-refractivity contribution in [2.45, 2.75) is 19.9 Å². The van der Waals surface area contributed by atoms with Crippen LogP contribution in [0.4, 0.5) is 19.3 Å². The van der Waals surface area contributed by atoms with Crippen molar-refractivity contribution in [3.05, 3.63) is 29.8 Å². The Bertz CT molecular complexity index is 841. The molecule has 1 aliphatic rings. The predicted octanol–water partition coefficient (Wildman–Crippen LogP) is 1.42. The van der Waals surface area contributed by atoms with Crippen LogP contribution in [-0.4, -0.2) is 75.3 Å². The summed E-state index contributed by atoms with van der Waals surface area (Å²) in [6.07, 6.45) is 0.415. The number of halogens is 2. The first kappa shape index (κ1) is 21.9. The molecule has 0 aromatic heterocycles. The molecule has 2 rings (SSSR count). The molecule has 0 radical (unpaired) electrons. The van der Waals surface area contributed by atoms with Crippen LogP contribution < -0.4 is 4.31 Å². The molecular formula is C17H23F2N3O5S. The third-order valence-corrected chi connectivity index (χ3v) is 5.58. The van der Waals surface area contributed by atoms with Gasteiger partial charge in [0.1, 0.15) is 6.04 Å². The van der Waals surface area contributed by atoms with Crippen molar-refractivity contribution < 1.29 is 31.5 Å². The maximum Gasteiger partial charge on any atom is 0.409 e. The SMILES string of the molecule is CCOC(=O)N1CCN(C(=O)[C@H](C)N(c2ccc(F)c(F)c2)S(C)(=O)=O)CC1. The highest BCUT2D eigenvalue weighted by molar-refractivity contribution is 7.92. The summed E-state index contributed by atoms with van der Waals surface area (Å²) in [6.45, 7) is 4.23. The Balaban J connectivity index is 2.17. The van der Waals surface area contributed by atoms with Crippen molar-refractivity contribution in [3.63, 3.8) is 0 Å². The van der Waals surface area contributed by atoms with Crippen LogP contribution in [0, 0.1) is 11.6 Å².